The molecule has 1 aromatic carbocycles. The molecule has 104 valence electrons. The molecule has 0 bridgehead atoms. The highest BCUT2D eigenvalue weighted by atomic mass is 16.5. The standard InChI is InChI=1S/C16H22O3/c1-16(2,15(17)18)11-12-7-9-14(10-8-12)19-13-5-3-4-6-13/h7-10,13H,3-6,11H2,1-2H3,(H,17,18). The lowest BCUT2D eigenvalue weighted by Crippen LogP contribution is -2.26. The van der Waals surface area contributed by atoms with Crippen molar-refractivity contribution in [1.29, 1.82) is 0 Å². The number of rotatable bonds is 5. The van der Waals surface area contributed by atoms with Gasteiger partial charge in [-0.1, -0.05) is 12.1 Å². The summed E-state index contributed by atoms with van der Waals surface area (Å²) in [6, 6.07) is 7.83. The van der Waals surface area contributed by atoms with Crippen LogP contribution in [0.25, 0.3) is 0 Å². The molecule has 0 aromatic heterocycles. The molecule has 1 saturated carbocycles. The SMILES string of the molecule is CC(C)(Cc1ccc(OC2CCCC2)cc1)C(=O)O. The number of carboxylic acid groups (broad SMARTS) is 1. The Kier molecular flexibility index (Phi) is 4.13. The molecule has 3 nitrogen and oxygen atoms in total. The van der Waals surface area contributed by atoms with Gasteiger partial charge in [0.05, 0.1) is 11.5 Å². The Morgan fingerprint density at radius 2 is 1.84 bits per heavy atom. The van der Waals surface area contributed by atoms with Gasteiger partial charge < -0.3 is 9.84 Å². The number of carboxylic acids is 1. The molecule has 0 heterocycles. The van der Waals surface area contributed by atoms with Crippen LogP contribution in [-0.2, 0) is 11.2 Å². The summed E-state index contributed by atoms with van der Waals surface area (Å²) in [6.45, 7) is 3.50. The summed E-state index contributed by atoms with van der Waals surface area (Å²) in [7, 11) is 0. The van der Waals surface area contributed by atoms with Crippen LogP contribution >= 0.6 is 0 Å². The Morgan fingerprint density at radius 1 is 1.26 bits per heavy atom. The lowest BCUT2D eigenvalue weighted by Gasteiger charge is -2.19. The molecule has 0 atom stereocenters. The first-order chi connectivity index (χ1) is 8.97. The third-order valence-electron chi connectivity index (χ3n) is 3.75. The largest absolute Gasteiger partial charge is 0.490 e. The highest BCUT2D eigenvalue weighted by Gasteiger charge is 2.27. The minimum atomic E-state index is -0.765. The van der Waals surface area contributed by atoms with Crippen LogP contribution in [0.3, 0.4) is 0 Å². The summed E-state index contributed by atoms with van der Waals surface area (Å²) in [6.07, 6.45) is 5.71. The topological polar surface area (TPSA) is 46.5 Å². The predicted molar refractivity (Wildman–Crippen MR) is 74.4 cm³/mol. The summed E-state index contributed by atoms with van der Waals surface area (Å²) < 4.78 is 5.89. The van der Waals surface area contributed by atoms with Crippen molar-refractivity contribution in [3.05, 3.63) is 29.8 Å². The lowest BCUT2D eigenvalue weighted by atomic mass is 9.86. The zero-order valence-corrected chi connectivity index (χ0v) is 11.7. The Labute approximate surface area is 114 Å². The highest BCUT2D eigenvalue weighted by molar-refractivity contribution is 5.74. The minimum absolute atomic E-state index is 0.362. The summed E-state index contributed by atoms with van der Waals surface area (Å²) >= 11 is 0. The van der Waals surface area contributed by atoms with Crippen LogP contribution in [0, 0.1) is 5.41 Å². The van der Waals surface area contributed by atoms with Crippen molar-refractivity contribution in [3.63, 3.8) is 0 Å². The summed E-state index contributed by atoms with van der Waals surface area (Å²) in [5, 5.41) is 9.12. The van der Waals surface area contributed by atoms with E-state index in [9.17, 15) is 4.79 Å². The monoisotopic (exact) mass is 262 g/mol. The molecule has 0 aliphatic heterocycles. The van der Waals surface area contributed by atoms with Crippen molar-refractivity contribution in [2.24, 2.45) is 5.41 Å². The van der Waals surface area contributed by atoms with E-state index in [1.54, 1.807) is 13.8 Å². The number of carbonyl (C=O) groups is 1. The lowest BCUT2D eigenvalue weighted by molar-refractivity contribution is -0.146. The first kappa shape index (κ1) is 13.9. The first-order valence-electron chi connectivity index (χ1n) is 6.96. The van der Waals surface area contributed by atoms with Gasteiger partial charge in [-0.2, -0.15) is 0 Å². The number of benzene rings is 1. The van der Waals surface area contributed by atoms with E-state index in [2.05, 4.69) is 0 Å². The van der Waals surface area contributed by atoms with Gasteiger partial charge in [-0.3, -0.25) is 4.79 Å². The van der Waals surface area contributed by atoms with Crippen molar-refractivity contribution >= 4 is 5.97 Å². The highest BCUT2D eigenvalue weighted by Crippen LogP contribution is 2.26. The Balaban J connectivity index is 1.96. The molecule has 0 spiro atoms. The fraction of sp³-hybridized carbons (Fsp3) is 0.562. The van der Waals surface area contributed by atoms with Crippen molar-refractivity contribution in [2.45, 2.75) is 52.1 Å². The summed E-state index contributed by atoms with van der Waals surface area (Å²) in [4.78, 5) is 11.1. The van der Waals surface area contributed by atoms with E-state index in [1.165, 1.54) is 12.8 Å². The fourth-order valence-corrected chi connectivity index (χ4v) is 2.47. The van der Waals surface area contributed by atoms with Crippen molar-refractivity contribution in [2.75, 3.05) is 0 Å². The van der Waals surface area contributed by atoms with Crippen LogP contribution in [0.1, 0.15) is 45.1 Å². The maximum absolute atomic E-state index is 11.1. The van der Waals surface area contributed by atoms with Crippen LogP contribution in [0.5, 0.6) is 5.75 Å². The number of ether oxygens (including phenoxy) is 1. The van der Waals surface area contributed by atoms with Gasteiger partial charge in [0.25, 0.3) is 0 Å². The maximum Gasteiger partial charge on any atom is 0.309 e. The molecule has 2 rings (SSSR count). The predicted octanol–water partition coefficient (Wildman–Crippen LogP) is 3.66. The van der Waals surface area contributed by atoms with Crippen molar-refractivity contribution in [1.82, 2.24) is 0 Å². The van der Waals surface area contributed by atoms with Crippen LogP contribution in [0.4, 0.5) is 0 Å². The van der Waals surface area contributed by atoms with Gasteiger partial charge >= 0.3 is 5.97 Å². The van der Waals surface area contributed by atoms with Crippen molar-refractivity contribution < 1.29 is 14.6 Å². The van der Waals surface area contributed by atoms with Crippen LogP contribution in [0.15, 0.2) is 24.3 Å². The molecule has 1 aromatic rings. The third-order valence-corrected chi connectivity index (χ3v) is 3.75. The van der Waals surface area contributed by atoms with Gasteiger partial charge in [0.1, 0.15) is 5.75 Å². The second-order valence-electron chi connectivity index (χ2n) is 6.03. The van der Waals surface area contributed by atoms with E-state index >= 15 is 0 Å². The maximum atomic E-state index is 11.1. The van der Waals surface area contributed by atoms with E-state index in [-0.39, 0.29) is 0 Å². The molecule has 0 amide bonds. The minimum Gasteiger partial charge on any atom is -0.490 e. The molecule has 0 unspecified atom stereocenters. The second kappa shape index (κ2) is 5.64. The average Bonchev–Trinajstić information content (AvgIpc) is 2.84. The Morgan fingerprint density at radius 3 is 2.37 bits per heavy atom. The molecule has 3 heteroatoms. The summed E-state index contributed by atoms with van der Waals surface area (Å²) in [5.74, 6) is 0.127. The number of hydrogen-bond donors (Lipinski definition) is 1. The van der Waals surface area contributed by atoms with E-state index in [0.29, 0.717) is 12.5 Å². The first-order valence-corrected chi connectivity index (χ1v) is 6.96. The molecule has 0 radical (unpaired) electrons. The molecule has 1 aliphatic rings. The molecule has 1 fully saturated rings. The number of aliphatic carboxylic acids is 1. The molecule has 0 saturated heterocycles. The molecule has 1 aliphatic carbocycles. The zero-order valence-electron chi connectivity index (χ0n) is 11.7. The van der Waals surface area contributed by atoms with Gasteiger partial charge in [-0.05, 0) is 63.6 Å². The fourth-order valence-electron chi connectivity index (χ4n) is 2.47. The average molecular weight is 262 g/mol. The van der Waals surface area contributed by atoms with E-state index in [1.807, 2.05) is 24.3 Å². The molecule has 1 N–H and O–H groups in total. The second-order valence-corrected chi connectivity index (χ2v) is 6.03. The van der Waals surface area contributed by atoms with Gasteiger partial charge in [0.2, 0.25) is 0 Å². The summed E-state index contributed by atoms with van der Waals surface area (Å²) in [5.41, 5.74) is 0.305. The van der Waals surface area contributed by atoms with Crippen molar-refractivity contribution in [3.8, 4) is 5.75 Å². The molecule has 19 heavy (non-hydrogen) atoms. The molecular weight excluding hydrogens is 240 g/mol. The van der Waals surface area contributed by atoms with E-state index in [4.69, 9.17) is 9.84 Å². The normalized spacial score (nSPS) is 16.5. The number of hydrogen-bond acceptors (Lipinski definition) is 2. The quantitative estimate of drug-likeness (QED) is 0.880. The van der Waals surface area contributed by atoms with Gasteiger partial charge in [0, 0.05) is 0 Å². The van der Waals surface area contributed by atoms with E-state index in [0.717, 1.165) is 24.2 Å². The zero-order chi connectivity index (χ0) is 13.9. The van der Waals surface area contributed by atoms with Gasteiger partial charge in [0.15, 0.2) is 0 Å². The molecular formula is C16H22O3. The van der Waals surface area contributed by atoms with Crippen LogP contribution in [-0.4, -0.2) is 17.2 Å². The van der Waals surface area contributed by atoms with E-state index < -0.39 is 11.4 Å². The van der Waals surface area contributed by atoms with Crippen LogP contribution in [0.2, 0.25) is 0 Å². The smallest absolute Gasteiger partial charge is 0.309 e. The van der Waals surface area contributed by atoms with Gasteiger partial charge in [-0.15, -0.1) is 0 Å². The van der Waals surface area contributed by atoms with Crippen LogP contribution < -0.4 is 4.74 Å². The third kappa shape index (κ3) is 3.72. The Hall–Kier alpha value is -1.51. The van der Waals surface area contributed by atoms with Gasteiger partial charge in [-0.25, -0.2) is 0 Å². The Bertz CT molecular complexity index is 428.